The fourth-order valence-electron chi connectivity index (χ4n) is 3.64. The molecule has 1 N–H and O–H groups in total. The quantitative estimate of drug-likeness (QED) is 0.730. The number of nitrogens with zero attached hydrogens (tertiary/aromatic N) is 1. The van der Waals surface area contributed by atoms with Gasteiger partial charge >= 0.3 is 5.97 Å². The molecule has 4 atom stereocenters. The number of rotatable bonds is 2. The number of carbonyl (C=O) groups is 2. The summed E-state index contributed by atoms with van der Waals surface area (Å²) in [7, 11) is 0. The largest absolute Gasteiger partial charge is 0.481 e. The Labute approximate surface area is 100 Å². The summed E-state index contributed by atoms with van der Waals surface area (Å²) in [4.78, 5) is 25.6. The maximum Gasteiger partial charge on any atom is 0.307 e. The van der Waals surface area contributed by atoms with Crippen molar-refractivity contribution in [3.05, 3.63) is 12.2 Å². The first-order valence-corrected chi connectivity index (χ1v) is 6.38. The minimum Gasteiger partial charge on any atom is -0.481 e. The Balaban J connectivity index is 1.83. The molecule has 0 spiro atoms. The number of hydrogen-bond acceptors (Lipinski definition) is 2. The van der Waals surface area contributed by atoms with Crippen LogP contribution < -0.4 is 0 Å². The number of allylic oxidation sites excluding steroid dienone is 2. The molecular weight excluding hydrogens is 218 g/mol. The summed E-state index contributed by atoms with van der Waals surface area (Å²) in [6, 6.07) is 0. The molecule has 2 bridgehead atoms. The normalized spacial score (nSPS) is 38.9. The molecule has 1 aliphatic heterocycles. The molecule has 2 aliphatic carbocycles. The van der Waals surface area contributed by atoms with Crippen LogP contribution in [0, 0.1) is 23.7 Å². The molecule has 1 amide bonds. The van der Waals surface area contributed by atoms with Gasteiger partial charge in [0.2, 0.25) is 5.91 Å². The molecule has 3 aliphatic rings. The third-order valence-electron chi connectivity index (χ3n) is 4.45. The van der Waals surface area contributed by atoms with E-state index < -0.39 is 11.9 Å². The van der Waals surface area contributed by atoms with Gasteiger partial charge in [0.15, 0.2) is 0 Å². The van der Waals surface area contributed by atoms with Crippen LogP contribution in [0.4, 0.5) is 0 Å². The average Bonchev–Trinajstić information content (AvgIpc) is 3.02. The Kier molecular flexibility index (Phi) is 2.45. The summed E-state index contributed by atoms with van der Waals surface area (Å²) in [5, 5.41) is 9.29. The highest BCUT2D eigenvalue weighted by atomic mass is 16.4. The van der Waals surface area contributed by atoms with Gasteiger partial charge in [-0.2, -0.15) is 0 Å². The van der Waals surface area contributed by atoms with E-state index in [2.05, 4.69) is 0 Å². The van der Waals surface area contributed by atoms with Gasteiger partial charge in [0.25, 0.3) is 0 Å². The monoisotopic (exact) mass is 235 g/mol. The van der Waals surface area contributed by atoms with E-state index in [0.717, 1.165) is 32.4 Å². The minimum absolute atomic E-state index is 0.0757. The molecule has 0 aromatic heterocycles. The van der Waals surface area contributed by atoms with E-state index in [-0.39, 0.29) is 23.7 Å². The van der Waals surface area contributed by atoms with Crippen molar-refractivity contribution in [1.82, 2.24) is 4.90 Å². The topological polar surface area (TPSA) is 57.6 Å². The second kappa shape index (κ2) is 3.86. The number of hydrogen-bond donors (Lipinski definition) is 1. The first-order valence-electron chi connectivity index (χ1n) is 6.38. The number of amides is 1. The lowest BCUT2D eigenvalue weighted by atomic mass is 9.82. The second-order valence-electron chi connectivity index (χ2n) is 5.37. The highest BCUT2D eigenvalue weighted by Crippen LogP contribution is 2.48. The molecule has 1 saturated heterocycles. The zero-order valence-electron chi connectivity index (χ0n) is 9.71. The van der Waals surface area contributed by atoms with Crippen LogP contribution >= 0.6 is 0 Å². The Bertz CT molecular complexity index is 384. The summed E-state index contributed by atoms with van der Waals surface area (Å²) in [5.41, 5.74) is 0. The standard InChI is InChI=1S/C13H17NO3/c15-12(14-5-1-2-6-14)10-8-3-4-9(7-8)11(10)13(16)17/h3-4,8-11H,1-2,5-7H2,(H,16,17)/t8-,9+,10?,11?/m0/s1. The Morgan fingerprint density at radius 1 is 1.06 bits per heavy atom. The van der Waals surface area contributed by atoms with E-state index in [1.54, 1.807) is 0 Å². The summed E-state index contributed by atoms with van der Waals surface area (Å²) < 4.78 is 0. The van der Waals surface area contributed by atoms with E-state index >= 15 is 0 Å². The predicted molar refractivity (Wildman–Crippen MR) is 61.2 cm³/mol. The maximum absolute atomic E-state index is 12.4. The Morgan fingerprint density at radius 3 is 2.24 bits per heavy atom. The molecule has 2 fully saturated rings. The van der Waals surface area contributed by atoms with E-state index in [1.807, 2.05) is 17.1 Å². The van der Waals surface area contributed by atoms with Gasteiger partial charge < -0.3 is 10.0 Å². The average molecular weight is 235 g/mol. The predicted octanol–water partition coefficient (Wildman–Crippen LogP) is 1.13. The number of carboxylic acids is 1. The highest BCUT2D eigenvalue weighted by Gasteiger charge is 2.52. The van der Waals surface area contributed by atoms with Crippen molar-refractivity contribution >= 4 is 11.9 Å². The first kappa shape index (κ1) is 10.8. The molecule has 4 nitrogen and oxygen atoms in total. The molecule has 4 heteroatoms. The third kappa shape index (κ3) is 1.58. The van der Waals surface area contributed by atoms with Crippen molar-refractivity contribution in [3.8, 4) is 0 Å². The molecule has 0 aromatic rings. The fraction of sp³-hybridized carbons (Fsp3) is 0.692. The van der Waals surface area contributed by atoms with E-state index in [9.17, 15) is 14.7 Å². The molecule has 3 rings (SSSR count). The highest BCUT2D eigenvalue weighted by molar-refractivity contribution is 5.87. The third-order valence-corrected chi connectivity index (χ3v) is 4.45. The number of likely N-dealkylation sites (tertiary alicyclic amines) is 1. The number of fused-ring (bicyclic) bond motifs is 2. The van der Waals surface area contributed by atoms with Crippen molar-refractivity contribution in [2.45, 2.75) is 19.3 Å². The molecule has 92 valence electrons. The van der Waals surface area contributed by atoms with Gasteiger partial charge in [0.05, 0.1) is 11.8 Å². The van der Waals surface area contributed by atoms with Gasteiger partial charge in [-0.3, -0.25) is 9.59 Å². The smallest absolute Gasteiger partial charge is 0.307 e. The summed E-state index contributed by atoms with van der Waals surface area (Å²) in [6.45, 7) is 1.62. The van der Waals surface area contributed by atoms with E-state index in [0.29, 0.717) is 0 Å². The van der Waals surface area contributed by atoms with Crippen molar-refractivity contribution in [1.29, 1.82) is 0 Å². The van der Waals surface area contributed by atoms with Crippen LogP contribution in [-0.4, -0.2) is 35.0 Å². The number of aliphatic carboxylic acids is 1. The lowest BCUT2D eigenvalue weighted by Gasteiger charge is -2.28. The van der Waals surface area contributed by atoms with Crippen molar-refractivity contribution in [2.24, 2.45) is 23.7 Å². The van der Waals surface area contributed by atoms with Crippen LogP contribution in [0.2, 0.25) is 0 Å². The van der Waals surface area contributed by atoms with Gasteiger partial charge in [-0.1, -0.05) is 12.2 Å². The van der Waals surface area contributed by atoms with Gasteiger partial charge in [0.1, 0.15) is 0 Å². The Morgan fingerprint density at radius 2 is 1.65 bits per heavy atom. The van der Waals surface area contributed by atoms with Crippen LogP contribution in [0.1, 0.15) is 19.3 Å². The number of carbonyl (C=O) groups excluding carboxylic acids is 1. The zero-order chi connectivity index (χ0) is 12.0. The Hall–Kier alpha value is -1.32. The lowest BCUT2D eigenvalue weighted by molar-refractivity contribution is -0.150. The van der Waals surface area contributed by atoms with Crippen LogP contribution in [0.5, 0.6) is 0 Å². The second-order valence-corrected chi connectivity index (χ2v) is 5.37. The molecule has 0 radical (unpaired) electrons. The van der Waals surface area contributed by atoms with Gasteiger partial charge in [-0.15, -0.1) is 0 Å². The first-order chi connectivity index (χ1) is 8.18. The fourth-order valence-corrected chi connectivity index (χ4v) is 3.64. The maximum atomic E-state index is 12.4. The summed E-state index contributed by atoms with van der Waals surface area (Å²) in [6.07, 6.45) is 6.99. The van der Waals surface area contributed by atoms with E-state index in [1.165, 1.54) is 0 Å². The van der Waals surface area contributed by atoms with Gasteiger partial charge in [-0.25, -0.2) is 0 Å². The molecule has 0 aromatic carbocycles. The SMILES string of the molecule is O=C(O)C1C(C(=O)N2CCCC2)[C@H]2C=C[C@@H]1C2. The summed E-state index contributed by atoms with van der Waals surface area (Å²) in [5.74, 6) is -1.28. The number of carboxylic acid groups (broad SMARTS) is 1. The molecular formula is C13H17NO3. The van der Waals surface area contributed by atoms with Crippen molar-refractivity contribution in [2.75, 3.05) is 13.1 Å². The van der Waals surface area contributed by atoms with Crippen molar-refractivity contribution < 1.29 is 14.7 Å². The molecule has 1 heterocycles. The van der Waals surface area contributed by atoms with Crippen LogP contribution in [0.3, 0.4) is 0 Å². The van der Waals surface area contributed by atoms with Crippen LogP contribution in [0.15, 0.2) is 12.2 Å². The van der Waals surface area contributed by atoms with Crippen LogP contribution in [-0.2, 0) is 9.59 Å². The lowest BCUT2D eigenvalue weighted by Crippen LogP contribution is -2.41. The zero-order valence-corrected chi connectivity index (χ0v) is 9.71. The molecule has 1 saturated carbocycles. The van der Waals surface area contributed by atoms with Crippen molar-refractivity contribution in [3.63, 3.8) is 0 Å². The summed E-state index contributed by atoms with van der Waals surface area (Å²) >= 11 is 0. The van der Waals surface area contributed by atoms with Gasteiger partial charge in [0, 0.05) is 13.1 Å². The van der Waals surface area contributed by atoms with Gasteiger partial charge in [-0.05, 0) is 31.1 Å². The minimum atomic E-state index is -0.806. The molecule has 2 unspecified atom stereocenters. The molecule has 17 heavy (non-hydrogen) atoms. The van der Waals surface area contributed by atoms with E-state index in [4.69, 9.17) is 0 Å². The van der Waals surface area contributed by atoms with Crippen LogP contribution in [0.25, 0.3) is 0 Å².